The van der Waals surface area contributed by atoms with Crippen molar-refractivity contribution in [2.75, 3.05) is 5.43 Å². The summed E-state index contributed by atoms with van der Waals surface area (Å²) in [6, 6.07) is 10.3. The molecule has 0 aliphatic carbocycles. The number of pyridine rings is 1. The number of benzene rings is 1. The lowest BCUT2D eigenvalue weighted by Gasteiger charge is -2.06. The highest BCUT2D eigenvalue weighted by atomic mass is 16.4. The van der Waals surface area contributed by atoms with Gasteiger partial charge < -0.3 is 5.11 Å². The molecule has 1 aromatic carbocycles. The van der Waals surface area contributed by atoms with Crippen LogP contribution in [0.2, 0.25) is 0 Å². The third-order valence-electron chi connectivity index (χ3n) is 2.58. The van der Waals surface area contributed by atoms with Crippen LogP contribution in [0.25, 0.3) is 0 Å². The second-order valence-corrected chi connectivity index (χ2v) is 3.90. The first-order chi connectivity index (χ1) is 9.18. The number of nitrogens with zero attached hydrogens (tertiary/aromatic N) is 2. The van der Waals surface area contributed by atoms with Gasteiger partial charge in [0.25, 0.3) is 0 Å². The summed E-state index contributed by atoms with van der Waals surface area (Å²) < 4.78 is 0. The van der Waals surface area contributed by atoms with Crippen LogP contribution in [-0.2, 0) is 0 Å². The minimum absolute atomic E-state index is 0.185. The number of hydrazone groups is 1. The fraction of sp³-hybridized carbons (Fsp3) is 0.0714. The zero-order chi connectivity index (χ0) is 13.7. The molecule has 96 valence electrons. The maximum absolute atomic E-state index is 11.0. The first kappa shape index (κ1) is 12.8. The van der Waals surface area contributed by atoms with Gasteiger partial charge in [-0.3, -0.25) is 10.4 Å². The lowest BCUT2D eigenvalue weighted by molar-refractivity contribution is 0.0698. The van der Waals surface area contributed by atoms with E-state index in [1.165, 1.54) is 6.07 Å². The average molecular weight is 255 g/mol. The van der Waals surface area contributed by atoms with Crippen LogP contribution in [0.1, 0.15) is 22.8 Å². The molecule has 0 radical (unpaired) electrons. The highest BCUT2D eigenvalue weighted by Crippen LogP contribution is 2.15. The van der Waals surface area contributed by atoms with Gasteiger partial charge in [-0.05, 0) is 25.1 Å². The number of aromatic carboxylic acids is 1. The van der Waals surface area contributed by atoms with Gasteiger partial charge in [0.2, 0.25) is 0 Å². The van der Waals surface area contributed by atoms with E-state index in [-0.39, 0.29) is 5.56 Å². The van der Waals surface area contributed by atoms with E-state index in [9.17, 15) is 4.79 Å². The van der Waals surface area contributed by atoms with Crippen LogP contribution in [0.5, 0.6) is 0 Å². The van der Waals surface area contributed by atoms with E-state index < -0.39 is 5.97 Å². The summed E-state index contributed by atoms with van der Waals surface area (Å²) in [7, 11) is 0. The molecule has 0 atom stereocenters. The monoisotopic (exact) mass is 255 g/mol. The summed E-state index contributed by atoms with van der Waals surface area (Å²) in [5.41, 5.74) is 5.02. The second kappa shape index (κ2) is 5.77. The molecule has 0 saturated heterocycles. The number of aromatic nitrogens is 1. The Bertz CT molecular complexity index is 609. The van der Waals surface area contributed by atoms with Gasteiger partial charge in [-0.15, -0.1) is 0 Å². The average Bonchev–Trinajstić information content (AvgIpc) is 2.46. The fourth-order valence-electron chi connectivity index (χ4n) is 1.55. The zero-order valence-corrected chi connectivity index (χ0v) is 10.4. The van der Waals surface area contributed by atoms with Crippen molar-refractivity contribution in [3.05, 3.63) is 59.9 Å². The van der Waals surface area contributed by atoms with Gasteiger partial charge in [0.15, 0.2) is 0 Å². The Morgan fingerprint density at radius 3 is 2.74 bits per heavy atom. The van der Waals surface area contributed by atoms with E-state index >= 15 is 0 Å². The fourth-order valence-corrected chi connectivity index (χ4v) is 1.55. The van der Waals surface area contributed by atoms with E-state index in [1.807, 2.05) is 19.1 Å². The predicted octanol–water partition coefficient (Wildman–Crippen LogP) is 2.62. The maximum Gasteiger partial charge on any atom is 0.337 e. The minimum Gasteiger partial charge on any atom is -0.478 e. The number of hydrogen-bond acceptors (Lipinski definition) is 4. The number of nitrogens with one attached hydrogen (secondary N) is 1. The van der Waals surface area contributed by atoms with Gasteiger partial charge >= 0.3 is 5.97 Å². The second-order valence-electron chi connectivity index (χ2n) is 3.90. The third kappa shape index (κ3) is 3.16. The number of para-hydroxylation sites is 1. The topological polar surface area (TPSA) is 74.6 Å². The molecule has 0 amide bonds. The number of anilines is 1. The van der Waals surface area contributed by atoms with Crippen molar-refractivity contribution < 1.29 is 9.90 Å². The van der Waals surface area contributed by atoms with Crippen LogP contribution >= 0.6 is 0 Å². The summed E-state index contributed by atoms with van der Waals surface area (Å²) in [6.45, 7) is 1.83. The standard InChI is InChI=1S/C14H13N3O2/c1-10(11-5-4-8-15-9-11)16-17-13-7-3-2-6-12(13)14(18)19/h2-9,17H,1H3,(H,18,19). The van der Waals surface area contributed by atoms with E-state index in [0.717, 1.165) is 11.3 Å². The molecule has 1 aromatic heterocycles. The quantitative estimate of drug-likeness (QED) is 0.650. The van der Waals surface area contributed by atoms with Gasteiger partial charge in [-0.25, -0.2) is 4.79 Å². The third-order valence-corrected chi connectivity index (χ3v) is 2.58. The largest absolute Gasteiger partial charge is 0.478 e. The molecule has 19 heavy (non-hydrogen) atoms. The Morgan fingerprint density at radius 2 is 2.05 bits per heavy atom. The first-order valence-electron chi connectivity index (χ1n) is 5.71. The summed E-state index contributed by atoms with van der Waals surface area (Å²) >= 11 is 0. The number of carboxylic acids is 1. The summed E-state index contributed by atoms with van der Waals surface area (Å²) in [5.74, 6) is -0.989. The normalized spacial score (nSPS) is 11.1. The van der Waals surface area contributed by atoms with Crippen molar-refractivity contribution in [3.8, 4) is 0 Å². The molecule has 2 aromatic rings. The molecule has 0 saturated carbocycles. The molecule has 2 N–H and O–H groups in total. The molecule has 2 rings (SSSR count). The van der Waals surface area contributed by atoms with Crippen LogP contribution in [-0.4, -0.2) is 21.8 Å². The number of carbonyl (C=O) groups is 1. The highest BCUT2D eigenvalue weighted by molar-refractivity contribution is 5.99. The van der Waals surface area contributed by atoms with Crippen molar-refractivity contribution in [3.63, 3.8) is 0 Å². The summed E-state index contributed by atoms with van der Waals surface area (Å²) in [6.07, 6.45) is 3.38. The molecule has 0 bridgehead atoms. The first-order valence-corrected chi connectivity index (χ1v) is 5.71. The van der Waals surface area contributed by atoms with E-state index in [1.54, 1.807) is 30.6 Å². The van der Waals surface area contributed by atoms with E-state index in [4.69, 9.17) is 5.11 Å². The lowest BCUT2D eigenvalue weighted by Crippen LogP contribution is -2.04. The van der Waals surface area contributed by atoms with Crippen LogP contribution in [0, 0.1) is 0 Å². The van der Waals surface area contributed by atoms with Crippen LogP contribution in [0.3, 0.4) is 0 Å². The molecule has 1 heterocycles. The molecule has 0 unspecified atom stereocenters. The van der Waals surface area contributed by atoms with Gasteiger partial charge in [0.05, 0.1) is 17.0 Å². The molecule has 5 heteroatoms. The maximum atomic E-state index is 11.0. The van der Waals surface area contributed by atoms with E-state index in [2.05, 4.69) is 15.5 Å². The van der Waals surface area contributed by atoms with E-state index in [0.29, 0.717) is 5.69 Å². The summed E-state index contributed by atoms with van der Waals surface area (Å²) in [5, 5.41) is 13.2. The van der Waals surface area contributed by atoms with Crippen LogP contribution in [0.4, 0.5) is 5.69 Å². The highest BCUT2D eigenvalue weighted by Gasteiger charge is 2.08. The molecule has 5 nitrogen and oxygen atoms in total. The molecule has 0 fully saturated rings. The Kier molecular flexibility index (Phi) is 3.87. The van der Waals surface area contributed by atoms with Gasteiger partial charge in [-0.1, -0.05) is 18.2 Å². The van der Waals surface area contributed by atoms with Crippen LogP contribution in [0.15, 0.2) is 53.9 Å². The number of hydrogen-bond donors (Lipinski definition) is 2. The summed E-state index contributed by atoms with van der Waals surface area (Å²) in [4.78, 5) is 15.0. The number of rotatable bonds is 4. The van der Waals surface area contributed by atoms with Crippen molar-refractivity contribution in [2.24, 2.45) is 5.10 Å². The van der Waals surface area contributed by atoms with Gasteiger partial charge in [-0.2, -0.15) is 5.10 Å². The Morgan fingerprint density at radius 1 is 1.26 bits per heavy atom. The smallest absolute Gasteiger partial charge is 0.337 e. The Balaban J connectivity index is 2.21. The zero-order valence-electron chi connectivity index (χ0n) is 10.4. The Labute approximate surface area is 110 Å². The van der Waals surface area contributed by atoms with Gasteiger partial charge in [0.1, 0.15) is 0 Å². The minimum atomic E-state index is -0.989. The molecular weight excluding hydrogens is 242 g/mol. The van der Waals surface area contributed by atoms with Crippen LogP contribution < -0.4 is 5.43 Å². The van der Waals surface area contributed by atoms with Crippen molar-refractivity contribution >= 4 is 17.4 Å². The molecule has 0 aliphatic heterocycles. The molecule has 0 spiro atoms. The molecule has 0 aliphatic rings. The number of carboxylic acid groups (broad SMARTS) is 1. The molecular formula is C14H13N3O2. The lowest BCUT2D eigenvalue weighted by atomic mass is 10.2. The van der Waals surface area contributed by atoms with Crippen molar-refractivity contribution in [1.29, 1.82) is 0 Å². The SMILES string of the molecule is CC(=NNc1ccccc1C(=O)O)c1cccnc1. The van der Waals surface area contributed by atoms with Crippen molar-refractivity contribution in [1.82, 2.24) is 4.98 Å². The Hall–Kier alpha value is -2.69. The van der Waals surface area contributed by atoms with Gasteiger partial charge in [0, 0.05) is 18.0 Å². The van der Waals surface area contributed by atoms with Crippen molar-refractivity contribution in [2.45, 2.75) is 6.92 Å². The predicted molar refractivity (Wildman–Crippen MR) is 73.5 cm³/mol.